The lowest BCUT2D eigenvalue weighted by Crippen LogP contribution is -2.19. The highest BCUT2D eigenvalue weighted by molar-refractivity contribution is 8.06. The van der Waals surface area contributed by atoms with Crippen molar-refractivity contribution in [3.63, 3.8) is 0 Å². The van der Waals surface area contributed by atoms with Crippen LogP contribution in [0.25, 0.3) is 0 Å². The second-order valence-electron chi connectivity index (χ2n) is 3.95. The minimum atomic E-state index is -3.73. The van der Waals surface area contributed by atoms with Gasteiger partial charge in [0.2, 0.25) is 9.84 Å². The Morgan fingerprint density at radius 3 is 2.17 bits per heavy atom. The standard InChI is InChI=1S/C12H16N2O3S/c1-2-3-8-18(16,17)12(15)10-6-4-9(5-7-10)11(13)14/h4-7H,2-3,8H2,1H3,(H3,13,14). The Bertz CT molecular complexity index is 547. The van der Waals surface area contributed by atoms with Crippen molar-refractivity contribution < 1.29 is 13.2 Å². The van der Waals surface area contributed by atoms with Gasteiger partial charge in [-0.3, -0.25) is 10.2 Å². The fourth-order valence-electron chi connectivity index (χ4n) is 1.39. The first-order chi connectivity index (χ1) is 8.38. The number of amidine groups is 1. The first-order valence-electron chi connectivity index (χ1n) is 5.60. The van der Waals surface area contributed by atoms with Gasteiger partial charge in [0.15, 0.2) is 0 Å². The first-order valence-corrected chi connectivity index (χ1v) is 7.25. The van der Waals surface area contributed by atoms with E-state index in [4.69, 9.17) is 11.1 Å². The summed E-state index contributed by atoms with van der Waals surface area (Å²) in [6.07, 6.45) is 1.19. The van der Waals surface area contributed by atoms with Crippen LogP contribution in [0.15, 0.2) is 24.3 Å². The number of hydrogen-bond acceptors (Lipinski definition) is 4. The van der Waals surface area contributed by atoms with E-state index < -0.39 is 15.0 Å². The molecule has 0 aliphatic carbocycles. The molecule has 0 aliphatic rings. The third-order valence-corrected chi connectivity index (χ3v) is 4.11. The highest BCUT2D eigenvalue weighted by Crippen LogP contribution is 2.10. The van der Waals surface area contributed by atoms with Crippen LogP contribution in [0.1, 0.15) is 35.7 Å². The average molecular weight is 268 g/mol. The van der Waals surface area contributed by atoms with Gasteiger partial charge in [-0.05, 0) is 18.6 Å². The summed E-state index contributed by atoms with van der Waals surface area (Å²) in [5.41, 5.74) is 5.84. The van der Waals surface area contributed by atoms with Crippen LogP contribution in [0.2, 0.25) is 0 Å². The zero-order valence-corrected chi connectivity index (χ0v) is 11.0. The van der Waals surface area contributed by atoms with E-state index in [1.54, 1.807) is 0 Å². The predicted molar refractivity (Wildman–Crippen MR) is 70.5 cm³/mol. The summed E-state index contributed by atoms with van der Waals surface area (Å²) < 4.78 is 23.4. The summed E-state index contributed by atoms with van der Waals surface area (Å²) in [6.45, 7) is 1.86. The Hall–Kier alpha value is -1.69. The minimum Gasteiger partial charge on any atom is -0.384 e. The van der Waals surface area contributed by atoms with Crippen molar-refractivity contribution in [2.75, 3.05) is 5.75 Å². The van der Waals surface area contributed by atoms with Gasteiger partial charge in [0.05, 0.1) is 5.75 Å². The van der Waals surface area contributed by atoms with Crippen molar-refractivity contribution in [3.8, 4) is 0 Å². The zero-order chi connectivity index (χ0) is 13.8. The molecule has 0 aromatic heterocycles. The van der Waals surface area contributed by atoms with E-state index in [0.29, 0.717) is 12.0 Å². The van der Waals surface area contributed by atoms with Crippen LogP contribution in [-0.2, 0) is 9.84 Å². The lowest BCUT2D eigenvalue weighted by atomic mass is 10.1. The highest BCUT2D eigenvalue weighted by atomic mass is 32.2. The molecule has 1 rings (SSSR count). The number of carbonyl (C=O) groups excluding carboxylic acids is 1. The van der Waals surface area contributed by atoms with E-state index in [1.165, 1.54) is 24.3 Å². The molecule has 0 fully saturated rings. The van der Waals surface area contributed by atoms with Gasteiger partial charge in [-0.2, -0.15) is 0 Å². The second-order valence-corrected chi connectivity index (χ2v) is 5.96. The van der Waals surface area contributed by atoms with Crippen molar-refractivity contribution in [2.24, 2.45) is 5.73 Å². The van der Waals surface area contributed by atoms with Crippen molar-refractivity contribution in [2.45, 2.75) is 19.8 Å². The maximum atomic E-state index is 11.8. The van der Waals surface area contributed by atoms with Crippen molar-refractivity contribution in [3.05, 3.63) is 35.4 Å². The Morgan fingerprint density at radius 2 is 1.72 bits per heavy atom. The van der Waals surface area contributed by atoms with E-state index in [0.717, 1.165) is 6.42 Å². The molecule has 0 amide bonds. The largest absolute Gasteiger partial charge is 0.384 e. The van der Waals surface area contributed by atoms with Gasteiger partial charge in [-0.15, -0.1) is 0 Å². The molecule has 0 heterocycles. The number of hydrogen-bond donors (Lipinski definition) is 2. The first kappa shape index (κ1) is 14.4. The van der Waals surface area contributed by atoms with Gasteiger partial charge in [0.1, 0.15) is 5.84 Å². The fraction of sp³-hybridized carbons (Fsp3) is 0.333. The van der Waals surface area contributed by atoms with Gasteiger partial charge in [0, 0.05) is 11.1 Å². The molecule has 0 atom stereocenters. The molecule has 5 nitrogen and oxygen atoms in total. The molecule has 0 radical (unpaired) electrons. The lowest BCUT2D eigenvalue weighted by Gasteiger charge is -2.03. The van der Waals surface area contributed by atoms with Gasteiger partial charge in [0.25, 0.3) is 5.12 Å². The summed E-state index contributed by atoms with van der Waals surface area (Å²) in [5.74, 6) is -0.251. The molecule has 0 saturated carbocycles. The molecule has 0 aliphatic heterocycles. The van der Waals surface area contributed by atoms with Crippen LogP contribution in [-0.4, -0.2) is 25.1 Å². The number of nitrogen functional groups attached to an aromatic ring is 1. The Labute approximate surface area is 106 Å². The molecular formula is C12H16N2O3S. The number of nitrogens with two attached hydrogens (primary N) is 1. The Balaban J connectivity index is 2.94. The maximum Gasteiger partial charge on any atom is 0.276 e. The smallest absolute Gasteiger partial charge is 0.276 e. The molecule has 0 bridgehead atoms. The van der Waals surface area contributed by atoms with Gasteiger partial charge in [-0.25, -0.2) is 8.42 Å². The lowest BCUT2D eigenvalue weighted by molar-refractivity contribution is 0.107. The topological polar surface area (TPSA) is 101 Å². The maximum absolute atomic E-state index is 11.8. The van der Waals surface area contributed by atoms with E-state index >= 15 is 0 Å². The second kappa shape index (κ2) is 5.77. The quantitative estimate of drug-likeness (QED) is 0.621. The summed E-state index contributed by atoms with van der Waals surface area (Å²) >= 11 is 0. The number of sulfone groups is 1. The highest BCUT2D eigenvalue weighted by Gasteiger charge is 2.22. The molecule has 1 aromatic rings. The van der Waals surface area contributed by atoms with Crippen LogP contribution in [0.3, 0.4) is 0 Å². The van der Waals surface area contributed by atoms with E-state index in [2.05, 4.69) is 0 Å². The average Bonchev–Trinajstić information content (AvgIpc) is 2.35. The normalized spacial score (nSPS) is 11.2. The van der Waals surface area contributed by atoms with E-state index in [9.17, 15) is 13.2 Å². The summed E-state index contributed by atoms with van der Waals surface area (Å²) in [5, 5.41) is 6.33. The summed E-state index contributed by atoms with van der Waals surface area (Å²) in [7, 11) is -3.73. The molecule has 1 aromatic carbocycles. The van der Waals surface area contributed by atoms with Gasteiger partial charge in [-0.1, -0.05) is 25.5 Å². The Kier molecular flexibility index (Phi) is 4.61. The van der Waals surface area contributed by atoms with Gasteiger partial charge < -0.3 is 5.73 Å². The molecule has 18 heavy (non-hydrogen) atoms. The van der Waals surface area contributed by atoms with Crippen molar-refractivity contribution >= 4 is 20.8 Å². The molecule has 98 valence electrons. The zero-order valence-electron chi connectivity index (χ0n) is 10.1. The van der Waals surface area contributed by atoms with Crippen molar-refractivity contribution in [1.82, 2.24) is 0 Å². The van der Waals surface area contributed by atoms with Crippen molar-refractivity contribution in [1.29, 1.82) is 5.41 Å². The molecule has 0 spiro atoms. The van der Waals surface area contributed by atoms with Crippen LogP contribution in [0.4, 0.5) is 0 Å². The molecular weight excluding hydrogens is 252 g/mol. The third-order valence-electron chi connectivity index (χ3n) is 2.48. The number of unbranched alkanes of at least 4 members (excludes halogenated alkanes) is 1. The summed E-state index contributed by atoms with van der Waals surface area (Å²) in [6, 6.07) is 5.68. The fourth-order valence-corrected chi connectivity index (χ4v) is 2.74. The number of benzene rings is 1. The molecule has 6 heteroatoms. The Morgan fingerprint density at radius 1 is 1.22 bits per heavy atom. The minimum absolute atomic E-state index is 0.108. The van der Waals surface area contributed by atoms with Crippen LogP contribution < -0.4 is 5.73 Å². The third kappa shape index (κ3) is 3.40. The van der Waals surface area contributed by atoms with E-state index in [1.807, 2.05) is 6.92 Å². The van der Waals surface area contributed by atoms with Gasteiger partial charge >= 0.3 is 0 Å². The monoisotopic (exact) mass is 268 g/mol. The van der Waals surface area contributed by atoms with Crippen LogP contribution >= 0.6 is 0 Å². The molecule has 0 saturated heterocycles. The number of rotatable bonds is 5. The van der Waals surface area contributed by atoms with Crippen LogP contribution in [0.5, 0.6) is 0 Å². The number of nitrogens with one attached hydrogen (secondary N) is 1. The number of carbonyl (C=O) groups is 1. The summed E-state index contributed by atoms with van der Waals surface area (Å²) in [4.78, 5) is 11.8. The van der Waals surface area contributed by atoms with Crippen LogP contribution in [0, 0.1) is 5.41 Å². The molecule has 0 unspecified atom stereocenters. The SMILES string of the molecule is CCCCS(=O)(=O)C(=O)c1ccc(C(=N)N)cc1. The predicted octanol–water partition coefficient (Wildman–Crippen LogP) is 1.33. The van der Waals surface area contributed by atoms with E-state index in [-0.39, 0.29) is 17.2 Å². The molecule has 3 N–H and O–H groups in total.